The predicted molar refractivity (Wildman–Crippen MR) is 151 cm³/mol. The van der Waals surface area contributed by atoms with E-state index in [1.165, 1.54) is 6.33 Å². The van der Waals surface area contributed by atoms with Crippen LogP contribution in [0, 0.1) is 0 Å². The summed E-state index contributed by atoms with van der Waals surface area (Å²) in [4.78, 5) is 46.0. The van der Waals surface area contributed by atoms with Gasteiger partial charge in [-0.05, 0) is 52.0 Å². The molecule has 0 bridgehead atoms. The number of aromatic nitrogens is 5. The number of nitrogens with one attached hydrogen (secondary N) is 1. The normalized spacial score (nSPS) is 15.0. The van der Waals surface area contributed by atoms with Crippen LogP contribution in [0.15, 0.2) is 41.5 Å². The third-order valence-electron chi connectivity index (χ3n) is 6.23. The first-order chi connectivity index (χ1) is 18.5. The van der Waals surface area contributed by atoms with Gasteiger partial charge in [-0.1, -0.05) is 29.3 Å². The van der Waals surface area contributed by atoms with Crippen molar-refractivity contribution in [1.29, 1.82) is 0 Å². The van der Waals surface area contributed by atoms with E-state index < -0.39 is 11.6 Å². The molecule has 4 heterocycles. The number of ether oxygens (including phenoxy) is 1. The van der Waals surface area contributed by atoms with Crippen LogP contribution in [-0.2, 0) is 4.74 Å². The molecule has 39 heavy (non-hydrogen) atoms. The molecule has 1 aliphatic rings. The second-order valence-corrected chi connectivity index (χ2v) is 11.0. The minimum atomic E-state index is -0.595. The number of rotatable bonds is 4. The second-order valence-electron chi connectivity index (χ2n) is 10.2. The molecule has 1 N–H and O–H groups in total. The smallest absolute Gasteiger partial charge is 0.410 e. The molecule has 1 atom stereocenters. The van der Waals surface area contributed by atoms with Gasteiger partial charge in [0.05, 0.1) is 40.6 Å². The van der Waals surface area contributed by atoms with Crippen LogP contribution in [0.1, 0.15) is 39.6 Å². The van der Waals surface area contributed by atoms with Gasteiger partial charge in [-0.3, -0.25) is 4.79 Å². The summed E-state index contributed by atoms with van der Waals surface area (Å²) in [6, 6.07) is 8.12. The van der Waals surface area contributed by atoms with Gasteiger partial charge in [-0.15, -0.1) is 0 Å². The summed E-state index contributed by atoms with van der Waals surface area (Å²) in [5, 5.41) is 6.16. The number of nitrogens with zero attached hydrogens (tertiary/aromatic N) is 7. The van der Waals surface area contributed by atoms with Gasteiger partial charge in [-0.2, -0.15) is 0 Å². The van der Waals surface area contributed by atoms with E-state index in [0.29, 0.717) is 69.9 Å². The van der Waals surface area contributed by atoms with Crippen molar-refractivity contribution < 1.29 is 9.53 Å². The van der Waals surface area contributed by atoms with E-state index in [1.807, 2.05) is 32.7 Å². The lowest BCUT2D eigenvalue weighted by Crippen LogP contribution is -2.57. The lowest BCUT2D eigenvalue weighted by molar-refractivity contribution is 0.0231. The van der Waals surface area contributed by atoms with Crippen molar-refractivity contribution in [2.24, 2.45) is 0 Å². The van der Waals surface area contributed by atoms with E-state index in [0.717, 1.165) is 0 Å². The summed E-state index contributed by atoms with van der Waals surface area (Å²) in [7, 11) is 0. The number of anilines is 1. The number of halogens is 2. The van der Waals surface area contributed by atoms with Crippen molar-refractivity contribution in [3.8, 4) is 0 Å². The molecule has 5 rings (SSSR count). The molecule has 1 amide bonds. The topological polar surface area (TPSA) is 118 Å². The maximum absolute atomic E-state index is 13.9. The zero-order valence-electron chi connectivity index (χ0n) is 22.0. The van der Waals surface area contributed by atoms with Gasteiger partial charge in [0.15, 0.2) is 11.6 Å². The van der Waals surface area contributed by atoms with Crippen LogP contribution >= 0.6 is 23.2 Å². The highest BCUT2D eigenvalue weighted by Gasteiger charge is 2.29. The first-order valence-electron chi connectivity index (χ1n) is 12.5. The fraction of sp³-hybridized carbons (Fsp3) is 0.385. The van der Waals surface area contributed by atoms with Gasteiger partial charge in [0.1, 0.15) is 22.6 Å². The highest BCUT2D eigenvalue weighted by Crippen LogP contribution is 2.26. The number of carbonyl (C=O) groups is 1. The Morgan fingerprint density at radius 1 is 1.03 bits per heavy atom. The fourth-order valence-corrected chi connectivity index (χ4v) is 4.85. The lowest BCUT2D eigenvalue weighted by atomic mass is 10.2. The van der Waals surface area contributed by atoms with Crippen LogP contribution in [0.3, 0.4) is 0 Å². The van der Waals surface area contributed by atoms with Crippen molar-refractivity contribution in [2.45, 2.75) is 39.3 Å². The van der Waals surface area contributed by atoms with Crippen LogP contribution in [0.2, 0.25) is 10.2 Å². The number of amides is 1. The third-order valence-corrected chi connectivity index (χ3v) is 6.75. The van der Waals surface area contributed by atoms with Gasteiger partial charge in [0.2, 0.25) is 0 Å². The van der Waals surface area contributed by atoms with Crippen LogP contribution in [0.4, 0.5) is 10.6 Å². The summed E-state index contributed by atoms with van der Waals surface area (Å²) >= 11 is 12.6. The maximum atomic E-state index is 13.9. The van der Waals surface area contributed by atoms with Crippen molar-refractivity contribution in [3.63, 3.8) is 0 Å². The molecule has 11 nitrogen and oxygen atoms in total. The average molecular weight is 571 g/mol. The molecule has 1 aliphatic heterocycles. The Kier molecular flexibility index (Phi) is 7.21. The molecular formula is C26H28Cl2N8O3. The Labute approximate surface area is 234 Å². The second kappa shape index (κ2) is 10.5. The standard InChI is InChI=1S/C26H28Cl2N8O3/c1-15(31-22-21-18(29-14-30-22)8-9-19(28)33-21)23-32-17-7-5-6-16(27)20(17)24(37)36(23)35-12-10-34(11-13-35)25(38)39-26(2,3)4/h5-9,14-15H,10-13H2,1-4H3,(H,29,30,31). The summed E-state index contributed by atoms with van der Waals surface area (Å²) in [6.07, 6.45) is 1.05. The van der Waals surface area contributed by atoms with E-state index in [2.05, 4.69) is 20.3 Å². The molecule has 0 aliphatic carbocycles. The number of hydrogen-bond donors (Lipinski definition) is 1. The zero-order valence-corrected chi connectivity index (χ0v) is 23.5. The van der Waals surface area contributed by atoms with Gasteiger partial charge in [0, 0.05) is 13.1 Å². The van der Waals surface area contributed by atoms with E-state index in [4.69, 9.17) is 32.9 Å². The highest BCUT2D eigenvalue weighted by molar-refractivity contribution is 6.35. The van der Waals surface area contributed by atoms with Crippen molar-refractivity contribution >= 4 is 57.0 Å². The number of piperazine rings is 1. The van der Waals surface area contributed by atoms with Crippen LogP contribution in [-0.4, -0.2) is 67.4 Å². The van der Waals surface area contributed by atoms with Crippen molar-refractivity contribution in [2.75, 3.05) is 36.5 Å². The minimum Gasteiger partial charge on any atom is -0.444 e. The number of hydrogen-bond acceptors (Lipinski definition) is 9. The van der Waals surface area contributed by atoms with Gasteiger partial charge in [0.25, 0.3) is 5.56 Å². The Hall–Kier alpha value is -3.70. The number of pyridine rings is 1. The molecule has 1 saturated heterocycles. The molecular weight excluding hydrogens is 543 g/mol. The molecule has 1 aromatic carbocycles. The lowest BCUT2D eigenvalue weighted by Gasteiger charge is -2.38. The Bertz CT molecular complexity index is 1610. The average Bonchev–Trinajstić information content (AvgIpc) is 2.88. The SMILES string of the molecule is CC(Nc1ncnc2ccc(Cl)nc12)c1nc2cccc(Cl)c2c(=O)n1N1CCN(C(=O)OC(C)(C)C)CC1. The van der Waals surface area contributed by atoms with Crippen LogP contribution < -0.4 is 15.9 Å². The monoisotopic (exact) mass is 570 g/mol. The summed E-state index contributed by atoms with van der Waals surface area (Å²) < 4.78 is 7.06. The molecule has 1 unspecified atom stereocenters. The quantitative estimate of drug-likeness (QED) is 0.356. The molecule has 4 aromatic rings. The summed E-state index contributed by atoms with van der Waals surface area (Å²) in [5.41, 5.74) is 0.712. The number of carbonyl (C=O) groups excluding carboxylic acids is 1. The highest BCUT2D eigenvalue weighted by atomic mass is 35.5. The van der Waals surface area contributed by atoms with Crippen molar-refractivity contribution in [1.82, 2.24) is 29.5 Å². The Morgan fingerprint density at radius 2 is 1.77 bits per heavy atom. The number of benzene rings is 1. The van der Waals surface area contributed by atoms with E-state index in [1.54, 1.807) is 39.9 Å². The van der Waals surface area contributed by atoms with Gasteiger partial charge >= 0.3 is 6.09 Å². The van der Waals surface area contributed by atoms with Crippen molar-refractivity contribution in [3.05, 3.63) is 63.0 Å². The van der Waals surface area contributed by atoms with E-state index in [9.17, 15) is 9.59 Å². The molecule has 1 fully saturated rings. The number of fused-ring (bicyclic) bond motifs is 2. The van der Waals surface area contributed by atoms with Gasteiger partial charge in [-0.25, -0.2) is 29.4 Å². The minimum absolute atomic E-state index is 0.298. The first kappa shape index (κ1) is 26.9. The molecule has 0 spiro atoms. The van der Waals surface area contributed by atoms with E-state index >= 15 is 0 Å². The zero-order chi connectivity index (χ0) is 27.9. The predicted octanol–water partition coefficient (Wildman–Crippen LogP) is 4.40. The van der Waals surface area contributed by atoms with Crippen LogP contribution in [0.5, 0.6) is 0 Å². The van der Waals surface area contributed by atoms with E-state index in [-0.39, 0.29) is 11.7 Å². The largest absolute Gasteiger partial charge is 0.444 e. The molecule has 13 heteroatoms. The molecule has 0 saturated carbocycles. The van der Waals surface area contributed by atoms with Gasteiger partial charge < -0.3 is 20.0 Å². The third kappa shape index (κ3) is 5.55. The summed E-state index contributed by atoms with van der Waals surface area (Å²) in [5.74, 6) is 0.908. The maximum Gasteiger partial charge on any atom is 0.410 e. The Morgan fingerprint density at radius 3 is 2.49 bits per heavy atom. The molecule has 3 aromatic heterocycles. The molecule has 204 valence electrons. The Balaban J connectivity index is 1.52. The fourth-order valence-electron chi connectivity index (χ4n) is 4.45. The first-order valence-corrected chi connectivity index (χ1v) is 13.3. The molecule has 0 radical (unpaired) electrons. The summed E-state index contributed by atoms with van der Waals surface area (Å²) in [6.45, 7) is 8.91. The van der Waals surface area contributed by atoms with Crippen LogP contribution in [0.25, 0.3) is 21.9 Å².